The molecule has 0 aliphatic heterocycles. The molecule has 0 heterocycles. The monoisotopic (exact) mass is 215 g/mol. The second kappa shape index (κ2) is 4.57. The third-order valence-corrected chi connectivity index (χ3v) is 1.64. The Morgan fingerprint density at radius 1 is 1.64 bits per heavy atom. The first-order chi connectivity index (χ1) is 6.59. The molecule has 0 unspecified atom stereocenters. The summed E-state index contributed by atoms with van der Waals surface area (Å²) in [5.74, 6) is -0.547. The number of nitrogens with two attached hydrogens (primary N) is 1. The summed E-state index contributed by atoms with van der Waals surface area (Å²) in [7, 11) is 0. The maximum Gasteiger partial charge on any atom is 0.332 e. The molecule has 0 saturated carbocycles. The number of primary amides is 1. The van der Waals surface area contributed by atoms with Gasteiger partial charge in [-0.2, -0.15) is 5.10 Å². The van der Waals surface area contributed by atoms with E-state index in [0.29, 0.717) is 5.56 Å². The topological polar surface area (TPSA) is 67.5 Å². The summed E-state index contributed by atoms with van der Waals surface area (Å²) in [6.45, 7) is 0. The van der Waals surface area contributed by atoms with Gasteiger partial charge in [0.25, 0.3) is 0 Å². The number of carbonyl (C=O) groups is 1. The number of nitrogens with one attached hydrogen (secondary N) is 1. The Kier molecular flexibility index (Phi) is 3.41. The quantitative estimate of drug-likeness (QED) is 0.570. The first-order valence-electron chi connectivity index (χ1n) is 3.63. The van der Waals surface area contributed by atoms with E-state index in [1.165, 1.54) is 18.3 Å². The summed E-state index contributed by atoms with van der Waals surface area (Å²) in [5.41, 5.74) is 7.21. The lowest BCUT2D eigenvalue weighted by Crippen LogP contribution is -2.24. The maximum atomic E-state index is 12.9. The van der Waals surface area contributed by atoms with Gasteiger partial charge in [-0.05, 0) is 17.7 Å². The molecule has 0 spiro atoms. The van der Waals surface area contributed by atoms with Gasteiger partial charge in [-0.1, -0.05) is 17.7 Å². The SMILES string of the molecule is NC(=O)NN=Cc1ccc(Cl)c(F)c1. The fraction of sp³-hybridized carbons (Fsp3) is 0. The smallest absolute Gasteiger partial charge is 0.332 e. The Morgan fingerprint density at radius 2 is 2.36 bits per heavy atom. The van der Waals surface area contributed by atoms with Gasteiger partial charge in [0.2, 0.25) is 0 Å². The molecule has 2 amide bonds. The van der Waals surface area contributed by atoms with Crippen LogP contribution in [0.4, 0.5) is 9.18 Å². The summed E-state index contributed by atoms with van der Waals surface area (Å²) in [6.07, 6.45) is 1.25. The van der Waals surface area contributed by atoms with Crippen molar-refractivity contribution in [3.63, 3.8) is 0 Å². The van der Waals surface area contributed by atoms with Crippen LogP contribution in [-0.4, -0.2) is 12.2 Å². The van der Waals surface area contributed by atoms with E-state index in [4.69, 9.17) is 17.3 Å². The third-order valence-electron chi connectivity index (χ3n) is 1.33. The number of carbonyl (C=O) groups excluding carboxylic acids is 1. The number of halogens is 2. The third kappa shape index (κ3) is 3.02. The molecule has 0 saturated heterocycles. The van der Waals surface area contributed by atoms with Crippen molar-refractivity contribution in [3.05, 3.63) is 34.6 Å². The van der Waals surface area contributed by atoms with Gasteiger partial charge in [0.05, 0.1) is 11.2 Å². The lowest BCUT2D eigenvalue weighted by atomic mass is 10.2. The van der Waals surface area contributed by atoms with E-state index < -0.39 is 11.8 Å². The molecular weight excluding hydrogens is 209 g/mol. The molecule has 0 fully saturated rings. The van der Waals surface area contributed by atoms with Gasteiger partial charge in [-0.3, -0.25) is 0 Å². The number of urea groups is 1. The molecule has 0 bridgehead atoms. The highest BCUT2D eigenvalue weighted by Crippen LogP contribution is 2.14. The van der Waals surface area contributed by atoms with Crippen molar-refractivity contribution in [3.8, 4) is 0 Å². The van der Waals surface area contributed by atoms with Gasteiger partial charge in [-0.25, -0.2) is 14.6 Å². The van der Waals surface area contributed by atoms with Crippen molar-refractivity contribution < 1.29 is 9.18 Å². The molecule has 0 aliphatic carbocycles. The largest absolute Gasteiger partial charge is 0.350 e. The standard InChI is InChI=1S/C8H7ClFN3O/c9-6-2-1-5(3-7(6)10)4-12-13-8(11)14/h1-4H,(H3,11,13,14). The summed E-state index contributed by atoms with van der Waals surface area (Å²) < 4.78 is 12.9. The van der Waals surface area contributed by atoms with Crippen LogP contribution in [-0.2, 0) is 0 Å². The lowest BCUT2D eigenvalue weighted by Gasteiger charge is -1.95. The number of rotatable bonds is 2. The van der Waals surface area contributed by atoms with E-state index in [0.717, 1.165) is 0 Å². The van der Waals surface area contributed by atoms with Crippen molar-refractivity contribution in [2.24, 2.45) is 10.8 Å². The van der Waals surface area contributed by atoms with Gasteiger partial charge in [0.15, 0.2) is 0 Å². The van der Waals surface area contributed by atoms with Gasteiger partial charge in [-0.15, -0.1) is 0 Å². The molecule has 1 aromatic rings. The van der Waals surface area contributed by atoms with Crippen LogP contribution in [0.15, 0.2) is 23.3 Å². The summed E-state index contributed by atoms with van der Waals surface area (Å²) in [4.78, 5) is 10.2. The predicted octanol–water partition coefficient (Wildman–Crippen LogP) is 1.48. The van der Waals surface area contributed by atoms with Crippen LogP contribution >= 0.6 is 11.6 Å². The average Bonchev–Trinajstić information content (AvgIpc) is 2.10. The molecule has 4 nitrogen and oxygen atoms in total. The van der Waals surface area contributed by atoms with Crippen LogP contribution in [0.25, 0.3) is 0 Å². The number of hydrazone groups is 1. The molecular formula is C8H7ClFN3O. The first kappa shape index (κ1) is 10.5. The van der Waals surface area contributed by atoms with Crippen molar-refractivity contribution in [2.75, 3.05) is 0 Å². The van der Waals surface area contributed by atoms with Crippen molar-refractivity contribution in [2.45, 2.75) is 0 Å². The zero-order valence-corrected chi connectivity index (χ0v) is 7.75. The van der Waals surface area contributed by atoms with Gasteiger partial charge in [0, 0.05) is 0 Å². The predicted molar refractivity (Wildman–Crippen MR) is 51.7 cm³/mol. The van der Waals surface area contributed by atoms with E-state index in [-0.39, 0.29) is 5.02 Å². The Hall–Kier alpha value is -1.62. The van der Waals surface area contributed by atoms with E-state index in [1.807, 2.05) is 5.43 Å². The Bertz CT molecular complexity index is 381. The molecule has 0 radical (unpaired) electrons. The molecule has 14 heavy (non-hydrogen) atoms. The number of benzene rings is 1. The minimum atomic E-state index is -0.782. The molecule has 0 aliphatic rings. The molecule has 0 aromatic heterocycles. The highest BCUT2D eigenvalue weighted by Gasteiger charge is 1.98. The molecule has 3 N–H and O–H groups in total. The second-order valence-electron chi connectivity index (χ2n) is 2.41. The normalized spacial score (nSPS) is 10.4. The fourth-order valence-electron chi connectivity index (χ4n) is 0.763. The summed E-state index contributed by atoms with van der Waals surface area (Å²) >= 11 is 5.46. The summed E-state index contributed by atoms with van der Waals surface area (Å²) in [6, 6.07) is 3.35. The molecule has 1 aromatic carbocycles. The van der Waals surface area contributed by atoms with E-state index >= 15 is 0 Å². The number of hydrogen-bond acceptors (Lipinski definition) is 2. The zero-order chi connectivity index (χ0) is 10.6. The van der Waals surface area contributed by atoms with Crippen molar-refractivity contribution in [1.82, 2.24) is 5.43 Å². The van der Waals surface area contributed by atoms with Crippen LogP contribution in [0.1, 0.15) is 5.56 Å². The maximum absolute atomic E-state index is 12.9. The van der Waals surface area contributed by atoms with E-state index in [9.17, 15) is 9.18 Å². The highest BCUT2D eigenvalue weighted by molar-refractivity contribution is 6.30. The van der Waals surface area contributed by atoms with Gasteiger partial charge in [0.1, 0.15) is 5.82 Å². The van der Waals surface area contributed by atoms with Crippen LogP contribution in [0, 0.1) is 5.82 Å². The Morgan fingerprint density at radius 3 is 2.93 bits per heavy atom. The fourth-order valence-corrected chi connectivity index (χ4v) is 0.881. The number of hydrogen-bond donors (Lipinski definition) is 2. The molecule has 6 heteroatoms. The van der Waals surface area contributed by atoms with Gasteiger partial charge < -0.3 is 5.73 Å². The van der Waals surface area contributed by atoms with Crippen molar-refractivity contribution >= 4 is 23.8 Å². The van der Waals surface area contributed by atoms with Crippen LogP contribution in [0.5, 0.6) is 0 Å². The second-order valence-corrected chi connectivity index (χ2v) is 2.81. The molecule has 74 valence electrons. The number of amides is 2. The Balaban J connectivity index is 2.73. The lowest BCUT2D eigenvalue weighted by molar-refractivity contribution is 0.249. The first-order valence-corrected chi connectivity index (χ1v) is 4.01. The zero-order valence-electron chi connectivity index (χ0n) is 7.00. The highest BCUT2D eigenvalue weighted by atomic mass is 35.5. The summed E-state index contributed by atoms with van der Waals surface area (Å²) in [5, 5.41) is 3.49. The van der Waals surface area contributed by atoms with Crippen molar-refractivity contribution in [1.29, 1.82) is 0 Å². The molecule has 1 rings (SSSR count). The number of nitrogens with zero attached hydrogens (tertiary/aromatic N) is 1. The van der Waals surface area contributed by atoms with E-state index in [2.05, 4.69) is 5.10 Å². The van der Waals surface area contributed by atoms with Crippen LogP contribution in [0.3, 0.4) is 0 Å². The van der Waals surface area contributed by atoms with Crippen LogP contribution < -0.4 is 11.2 Å². The van der Waals surface area contributed by atoms with Gasteiger partial charge >= 0.3 is 6.03 Å². The minimum absolute atomic E-state index is 0.0324. The van der Waals surface area contributed by atoms with Crippen LogP contribution in [0.2, 0.25) is 5.02 Å². The molecule has 0 atom stereocenters. The Labute approximate surface area is 84.5 Å². The minimum Gasteiger partial charge on any atom is -0.350 e. The van der Waals surface area contributed by atoms with E-state index in [1.54, 1.807) is 6.07 Å². The average molecular weight is 216 g/mol.